The Labute approximate surface area is 107 Å². The van der Waals surface area contributed by atoms with Crippen LogP contribution in [-0.4, -0.2) is 29.2 Å². The van der Waals surface area contributed by atoms with Crippen molar-refractivity contribution in [3.05, 3.63) is 17.7 Å². The van der Waals surface area contributed by atoms with Gasteiger partial charge in [-0.25, -0.2) is 13.6 Å². The van der Waals surface area contributed by atoms with E-state index in [2.05, 4.69) is 5.32 Å². The first-order valence-electron chi connectivity index (χ1n) is 5.42. The highest BCUT2D eigenvalue weighted by Gasteiger charge is 2.17. The predicted molar refractivity (Wildman–Crippen MR) is 68.3 cm³/mol. The van der Waals surface area contributed by atoms with E-state index in [1.165, 1.54) is 26.4 Å². The van der Waals surface area contributed by atoms with Gasteiger partial charge in [0.25, 0.3) is 0 Å². The molecule has 0 aliphatic rings. The summed E-state index contributed by atoms with van der Waals surface area (Å²) in [5.41, 5.74) is 0.683. The summed E-state index contributed by atoms with van der Waals surface area (Å²) in [6.45, 7) is 3.18. The molecule has 0 bridgehead atoms. The highest BCUT2D eigenvalue weighted by Crippen LogP contribution is 2.33. The van der Waals surface area contributed by atoms with Crippen LogP contribution < -0.4 is 19.9 Å². The number of hydrogen-bond donors (Lipinski definition) is 2. The number of primary sulfonamides is 1. The molecule has 6 nitrogen and oxygen atoms in total. The van der Waals surface area contributed by atoms with Crippen molar-refractivity contribution in [2.45, 2.75) is 18.4 Å². The molecule has 0 heterocycles. The molecule has 0 radical (unpaired) electrons. The lowest BCUT2D eigenvalue weighted by Crippen LogP contribution is -2.16. The molecule has 3 N–H and O–H groups in total. The summed E-state index contributed by atoms with van der Waals surface area (Å²) in [4.78, 5) is 0.00746. The highest BCUT2D eigenvalue weighted by molar-refractivity contribution is 7.89. The van der Waals surface area contributed by atoms with Crippen molar-refractivity contribution in [3.8, 4) is 11.5 Å². The molecule has 0 unspecified atom stereocenters. The van der Waals surface area contributed by atoms with E-state index < -0.39 is 10.0 Å². The van der Waals surface area contributed by atoms with E-state index in [9.17, 15) is 8.42 Å². The second-order valence-corrected chi connectivity index (χ2v) is 5.20. The molecule has 0 aromatic heterocycles. The van der Waals surface area contributed by atoms with Crippen LogP contribution >= 0.6 is 0 Å². The number of methoxy groups -OCH3 is 2. The Morgan fingerprint density at radius 1 is 1.28 bits per heavy atom. The van der Waals surface area contributed by atoms with Crippen LogP contribution in [0.1, 0.15) is 12.5 Å². The summed E-state index contributed by atoms with van der Waals surface area (Å²) < 4.78 is 33.1. The van der Waals surface area contributed by atoms with Gasteiger partial charge in [0.15, 0.2) is 11.5 Å². The number of nitrogens with two attached hydrogens (primary N) is 1. The molecule has 0 aliphatic carbocycles. The summed E-state index contributed by atoms with van der Waals surface area (Å²) >= 11 is 0. The Kier molecular flexibility index (Phi) is 4.94. The van der Waals surface area contributed by atoms with Crippen LogP contribution in [0.25, 0.3) is 0 Å². The molecule has 0 atom stereocenters. The zero-order valence-corrected chi connectivity index (χ0v) is 11.5. The normalized spacial score (nSPS) is 11.3. The number of rotatable bonds is 6. The lowest BCUT2D eigenvalue weighted by atomic mass is 10.2. The molecule has 1 aromatic rings. The minimum Gasteiger partial charge on any atom is -0.493 e. The minimum atomic E-state index is -3.77. The van der Waals surface area contributed by atoms with Crippen LogP contribution in [0.4, 0.5) is 0 Å². The van der Waals surface area contributed by atoms with E-state index in [0.29, 0.717) is 23.6 Å². The Morgan fingerprint density at radius 2 is 1.94 bits per heavy atom. The van der Waals surface area contributed by atoms with Gasteiger partial charge in [0.05, 0.1) is 19.1 Å². The third-order valence-electron chi connectivity index (χ3n) is 2.42. The average Bonchev–Trinajstić information content (AvgIpc) is 2.33. The molecule has 102 valence electrons. The number of hydrogen-bond acceptors (Lipinski definition) is 5. The van der Waals surface area contributed by atoms with Gasteiger partial charge in [-0.1, -0.05) is 6.92 Å². The zero-order chi connectivity index (χ0) is 13.8. The standard InChI is InChI=1S/C11H18N2O4S/c1-4-13-7-8-5-9(18(12,14)15)6-10(16-2)11(8)17-3/h5-6,13H,4,7H2,1-3H3,(H2,12,14,15). The van der Waals surface area contributed by atoms with Crippen molar-refractivity contribution in [1.82, 2.24) is 5.32 Å². The first kappa shape index (κ1) is 14.7. The molecule has 18 heavy (non-hydrogen) atoms. The largest absolute Gasteiger partial charge is 0.493 e. The average molecular weight is 274 g/mol. The number of ether oxygens (including phenoxy) is 2. The van der Waals surface area contributed by atoms with Gasteiger partial charge < -0.3 is 14.8 Å². The first-order valence-corrected chi connectivity index (χ1v) is 6.97. The zero-order valence-electron chi connectivity index (χ0n) is 10.7. The molecule has 0 spiro atoms. The lowest BCUT2D eigenvalue weighted by molar-refractivity contribution is 0.349. The number of nitrogens with one attached hydrogen (secondary N) is 1. The van der Waals surface area contributed by atoms with Gasteiger partial charge in [0.2, 0.25) is 10.0 Å². The second kappa shape index (κ2) is 6.03. The van der Waals surface area contributed by atoms with Crippen molar-refractivity contribution in [1.29, 1.82) is 0 Å². The van der Waals surface area contributed by atoms with Crippen molar-refractivity contribution in [2.75, 3.05) is 20.8 Å². The topological polar surface area (TPSA) is 90.7 Å². The maximum atomic E-state index is 11.4. The highest BCUT2D eigenvalue weighted by atomic mass is 32.2. The van der Waals surface area contributed by atoms with Gasteiger partial charge in [-0.05, 0) is 12.6 Å². The first-order chi connectivity index (χ1) is 8.43. The van der Waals surface area contributed by atoms with Crippen molar-refractivity contribution in [2.24, 2.45) is 5.14 Å². The van der Waals surface area contributed by atoms with Gasteiger partial charge in [-0.15, -0.1) is 0 Å². The van der Waals surface area contributed by atoms with Gasteiger partial charge in [0, 0.05) is 18.2 Å². The van der Waals surface area contributed by atoms with Crippen LogP contribution in [0.3, 0.4) is 0 Å². The second-order valence-electron chi connectivity index (χ2n) is 3.64. The summed E-state index contributed by atoms with van der Waals surface area (Å²) in [6.07, 6.45) is 0. The molecular formula is C11H18N2O4S. The Bertz CT molecular complexity index is 514. The van der Waals surface area contributed by atoms with Crippen molar-refractivity contribution in [3.63, 3.8) is 0 Å². The molecule has 7 heteroatoms. The van der Waals surface area contributed by atoms with E-state index in [1.807, 2.05) is 6.92 Å². The van der Waals surface area contributed by atoms with E-state index in [1.54, 1.807) is 0 Å². The summed E-state index contributed by atoms with van der Waals surface area (Å²) in [5, 5.41) is 8.22. The minimum absolute atomic E-state index is 0.00746. The van der Waals surface area contributed by atoms with E-state index in [-0.39, 0.29) is 4.90 Å². The lowest BCUT2D eigenvalue weighted by Gasteiger charge is -2.14. The Balaban J connectivity index is 3.36. The SMILES string of the molecule is CCNCc1cc(S(N)(=O)=O)cc(OC)c1OC. The maximum absolute atomic E-state index is 11.4. The molecule has 1 rings (SSSR count). The van der Waals surface area contributed by atoms with Gasteiger partial charge in [-0.2, -0.15) is 0 Å². The Morgan fingerprint density at radius 3 is 2.39 bits per heavy atom. The summed E-state index contributed by atoms with van der Waals surface area (Å²) in [5.74, 6) is 0.850. The van der Waals surface area contributed by atoms with Crippen LogP contribution in [0.15, 0.2) is 17.0 Å². The van der Waals surface area contributed by atoms with Crippen LogP contribution in [-0.2, 0) is 16.6 Å². The van der Waals surface area contributed by atoms with Crippen molar-refractivity contribution < 1.29 is 17.9 Å². The molecular weight excluding hydrogens is 256 g/mol. The smallest absolute Gasteiger partial charge is 0.238 e. The fraction of sp³-hybridized carbons (Fsp3) is 0.455. The predicted octanol–water partition coefficient (Wildman–Crippen LogP) is 0.461. The van der Waals surface area contributed by atoms with Crippen LogP contribution in [0.5, 0.6) is 11.5 Å². The third kappa shape index (κ3) is 3.34. The molecule has 0 fully saturated rings. The van der Waals surface area contributed by atoms with E-state index in [4.69, 9.17) is 14.6 Å². The third-order valence-corrected chi connectivity index (χ3v) is 3.32. The maximum Gasteiger partial charge on any atom is 0.238 e. The summed E-state index contributed by atoms with van der Waals surface area (Å²) in [6, 6.07) is 2.84. The Hall–Kier alpha value is -1.31. The molecule has 0 amide bonds. The van der Waals surface area contributed by atoms with Crippen LogP contribution in [0.2, 0.25) is 0 Å². The fourth-order valence-electron chi connectivity index (χ4n) is 1.57. The van der Waals surface area contributed by atoms with Gasteiger partial charge in [0.1, 0.15) is 0 Å². The van der Waals surface area contributed by atoms with Gasteiger partial charge >= 0.3 is 0 Å². The molecule has 0 saturated heterocycles. The van der Waals surface area contributed by atoms with E-state index >= 15 is 0 Å². The monoisotopic (exact) mass is 274 g/mol. The van der Waals surface area contributed by atoms with Crippen molar-refractivity contribution >= 4 is 10.0 Å². The number of benzene rings is 1. The molecule has 1 aromatic carbocycles. The van der Waals surface area contributed by atoms with Gasteiger partial charge in [-0.3, -0.25) is 0 Å². The van der Waals surface area contributed by atoms with Crippen LogP contribution in [0, 0.1) is 0 Å². The quantitative estimate of drug-likeness (QED) is 0.786. The molecule has 0 saturated carbocycles. The fourth-order valence-corrected chi connectivity index (χ4v) is 2.15. The molecule has 0 aliphatic heterocycles. The number of sulfonamides is 1. The summed E-state index contributed by atoms with van der Waals surface area (Å²) in [7, 11) is -0.821. The van der Waals surface area contributed by atoms with E-state index in [0.717, 1.165) is 6.54 Å².